The van der Waals surface area contributed by atoms with E-state index in [4.69, 9.17) is 18.9 Å². The van der Waals surface area contributed by atoms with Crippen molar-refractivity contribution in [2.45, 2.75) is 65.7 Å². The van der Waals surface area contributed by atoms with E-state index in [-0.39, 0.29) is 17.1 Å². The summed E-state index contributed by atoms with van der Waals surface area (Å²) in [5.41, 5.74) is 1.79. The maximum absolute atomic E-state index is 14.4. The Morgan fingerprint density at radius 1 is 0.838 bits per heavy atom. The summed E-state index contributed by atoms with van der Waals surface area (Å²) in [6, 6.07) is 10.4. The largest absolute Gasteiger partial charge is 0.491 e. The molecule has 0 saturated carbocycles. The lowest BCUT2D eigenvalue weighted by atomic mass is 10.1. The Labute approximate surface area is 220 Å². The van der Waals surface area contributed by atoms with Crippen molar-refractivity contribution < 1.29 is 33.2 Å². The number of carboxylic acid groups (broad SMARTS) is 1. The molecule has 0 aliphatic carbocycles. The van der Waals surface area contributed by atoms with Gasteiger partial charge in [0.1, 0.15) is 0 Å². The summed E-state index contributed by atoms with van der Waals surface area (Å²) in [6.07, 6.45) is 7.40. The van der Waals surface area contributed by atoms with Crippen LogP contribution < -0.4 is 14.2 Å². The summed E-state index contributed by atoms with van der Waals surface area (Å²) in [5.74, 6) is 0.0537. The summed E-state index contributed by atoms with van der Waals surface area (Å²) in [5, 5.41) is 9.54. The molecule has 0 aromatic heterocycles. The van der Waals surface area contributed by atoms with E-state index in [2.05, 4.69) is 13.8 Å². The van der Waals surface area contributed by atoms with Crippen molar-refractivity contribution in [3.8, 4) is 17.2 Å². The van der Waals surface area contributed by atoms with E-state index in [1.54, 1.807) is 30.3 Å². The van der Waals surface area contributed by atoms with Gasteiger partial charge in [-0.05, 0) is 61.2 Å². The number of hydrogen-bond acceptors (Lipinski definition) is 5. The standard InChI is InChI=1S/C30H41FO6/c1-4-7-9-17-35-27-12-10-23(21-26(27)31)14-19-37-28-13-11-24(22-29(28)36-16-8-5-2)20-25(30(32)33)15-18-34-6-3/h10-13,20-22H,4-9,14-19H2,1-3H3,(H,32,33). The monoisotopic (exact) mass is 516 g/mol. The van der Waals surface area contributed by atoms with Crippen LogP contribution in [0, 0.1) is 5.82 Å². The van der Waals surface area contributed by atoms with Gasteiger partial charge in [-0.2, -0.15) is 0 Å². The second-order valence-electron chi connectivity index (χ2n) is 8.75. The predicted octanol–water partition coefficient (Wildman–Crippen LogP) is 7.09. The molecule has 1 N–H and O–H groups in total. The number of rotatable bonds is 19. The van der Waals surface area contributed by atoms with Gasteiger partial charge in [0.15, 0.2) is 23.1 Å². The molecular weight excluding hydrogens is 475 g/mol. The first-order chi connectivity index (χ1) is 18.0. The minimum absolute atomic E-state index is 0.265. The first kappa shape index (κ1) is 30.2. The summed E-state index contributed by atoms with van der Waals surface area (Å²) in [4.78, 5) is 11.6. The van der Waals surface area contributed by atoms with Gasteiger partial charge in [0, 0.05) is 25.0 Å². The maximum atomic E-state index is 14.4. The molecule has 0 amide bonds. The van der Waals surface area contributed by atoms with Crippen LogP contribution in [0.2, 0.25) is 0 Å². The van der Waals surface area contributed by atoms with Gasteiger partial charge in [0.2, 0.25) is 0 Å². The number of carbonyl (C=O) groups is 1. The molecule has 7 heteroatoms. The van der Waals surface area contributed by atoms with E-state index in [0.717, 1.165) is 37.7 Å². The lowest BCUT2D eigenvalue weighted by Crippen LogP contribution is -2.06. The van der Waals surface area contributed by atoms with Crippen LogP contribution in [0.3, 0.4) is 0 Å². The minimum atomic E-state index is -0.974. The van der Waals surface area contributed by atoms with Crippen molar-refractivity contribution in [3.05, 3.63) is 58.9 Å². The predicted molar refractivity (Wildman–Crippen MR) is 144 cm³/mol. The van der Waals surface area contributed by atoms with Gasteiger partial charge >= 0.3 is 5.97 Å². The van der Waals surface area contributed by atoms with E-state index in [1.807, 2.05) is 13.0 Å². The van der Waals surface area contributed by atoms with Crippen LogP contribution >= 0.6 is 0 Å². The van der Waals surface area contributed by atoms with Gasteiger partial charge in [0.25, 0.3) is 0 Å². The van der Waals surface area contributed by atoms with Gasteiger partial charge in [-0.1, -0.05) is 45.2 Å². The summed E-state index contributed by atoms with van der Waals surface area (Å²) in [7, 11) is 0. The van der Waals surface area contributed by atoms with Crippen LogP contribution in [0.5, 0.6) is 17.2 Å². The third-order valence-corrected chi connectivity index (χ3v) is 5.71. The molecule has 0 spiro atoms. The van der Waals surface area contributed by atoms with Crippen molar-refractivity contribution in [1.82, 2.24) is 0 Å². The number of unbranched alkanes of at least 4 members (excludes halogenated alkanes) is 3. The Morgan fingerprint density at radius 2 is 1.54 bits per heavy atom. The van der Waals surface area contributed by atoms with Gasteiger partial charge in [0.05, 0.1) is 26.4 Å². The molecule has 0 aliphatic rings. The van der Waals surface area contributed by atoms with Crippen LogP contribution in [0.25, 0.3) is 6.08 Å². The fraction of sp³-hybridized carbons (Fsp3) is 0.500. The highest BCUT2D eigenvalue weighted by Crippen LogP contribution is 2.30. The second kappa shape index (κ2) is 17.4. The highest BCUT2D eigenvalue weighted by atomic mass is 19.1. The zero-order chi connectivity index (χ0) is 26.9. The quantitative estimate of drug-likeness (QED) is 0.159. The molecule has 2 aromatic carbocycles. The zero-order valence-corrected chi connectivity index (χ0v) is 22.4. The van der Waals surface area contributed by atoms with Crippen molar-refractivity contribution in [3.63, 3.8) is 0 Å². The molecular formula is C30H41FO6. The van der Waals surface area contributed by atoms with Crippen molar-refractivity contribution >= 4 is 12.0 Å². The topological polar surface area (TPSA) is 74.2 Å². The minimum Gasteiger partial charge on any atom is -0.491 e. The average molecular weight is 517 g/mol. The molecule has 0 bridgehead atoms. The highest BCUT2D eigenvalue weighted by molar-refractivity contribution is 5.92. The fourth-order valence-corrected chi connectivity index (χ4v) is 3.57. The lowest BCUT2D eigenvalue weighted by Gasteiger charge is -2.14. The molecule has 204 valence electrons. The number of carboxylic acids is 1. The Kier molecular flexibility index (Phi) is 14.2. The highest BCUT2D eigenvalue weighted by Gasteiger charge is 2.11. The number of hydrogen-bond donors (Lipinski definition) is 1. The zero-order valence-electron chi connectivity index (χ0n) is 22.4. The van der Waals surface area contributed by atoms with E-state index >= 15 is 0 Å². The van der Waals surface area contributed by atoms with E-state index < -0.39 is 5.97 Å². The second-order valence-corrected chi connectivity index (χ2v) is 8.75. The first-order valence-electron chi connectivity index (χ1n) is 13.3. The molecule has 2 aromatic rings. The first-order valence-corrected chi connectivity index (χ1v) is 13.3. The summed E-state index contributed by atoms with van der Waals surface area (Å²) < 4.78 is 37.2. The van der Waals surface area contributed by atoms with Gasteiger partial charge in [-0.3, -0.25) is 0 Å². The van der Waals surface area contributed by atoms with E-state index in [0.29, 0.717) is 62.9 Å². The third-order valence-electron chi connectivity index (χ3n) is 5.71. The Morgan fingerprint density at radius 3 is 2.24 bits per heavy atom. The van der Waals surface area contributed by atoms with Gasteiger partial charge in [-0.15, -0.1) is 0 Å². The summed E-state index contributed by atoms with van der Waals surface area (Å²) in [6.45, 7) is 8.34. The smallest absolute Gasteiger partial charge is 0.331 e. The summed E-state index contributed by atoms with van der Waals surface area (Å²) >= 11 is 0. The molecule has 0 fully saturated rings. The van der Waals surface area contributed by atoms with E-state index in [9.17, 15) is 14.3 Å². The van der Waals surface area contributed by atoms with Gasteiger partial charge in [-0.25, -0.2) is 9.18 Å². The van der Waals surface area contributed by atoms with Gasteiger partial charge < -0.3 is 24.1 Å². The number of benzene rings is 2. The molecule has 0 atom stereocenters. The fourth-order valence-electron chi connectivity index (χ4n) is 3.57. The van der Waals surface area contributed by atoms with Crippen LogP contribution in [0.4, 0.5) is 4.39 Å². The maximum Gasteiger partial charge on any atom is 0.331 e. The lowest BCUT2D eigenvalue weighted by molar-refractivity contribution is -0.132. The number of halogens is 1. The normalized spacial score (nSPS) is 11.4. The number of aliphatic carboxylic acids is 1. The van der Waals surface area contributed by atoms with Crippen LogP contribution in [0.1, 0.15) is 70.4 Å². The molecule has 0 heterocycles. The Bertz CT molecular complexity index is 988. The van der Waals surface area contributed by atoms with Crippen LogP contribution in [-0.2, 0) is 16.0 Å². The molecule has 0 unspecified atom stereocenters. The van der Waals surface area contributed by atoms with Crippen LogP contribution in [0.15, 0.2) is 42.0 Å². The molecule has 0 aliphatic heterocycles. The van der Waals surface area contributed by atoms with Crippen LogP contribution in [-0.4, -0.2) is 44.1 Å². The molecule has 0 saturated heterocycles. The average Bonchev–Trinajstić information content (AvgIpc) is 2.88. The molecule has 6 nitrogen and oxygen atoms in total. The Hall–Kier alpha value is -3.06. The molecule has 2 rings (SSSR count). The Balaban J connectivity index is 2.05. The van der Waals surface area contributed by atoms with E-state index in [1.165, 1.54) is 6.07 Å². The van der Waals surface area contributed by atoms with Crippen molar-refractivity contribution in [2.75, 3.05) is 33.0 Å². The van der Waals surface area contributed by atoms with Crippen molar-refractivity contribution in [1.29, 1.82) is 0 Å². The molecule has 0 radical (unpaired) electrons. The van der Waals surface area contributed by atoms with Crippen molar-refractivity contribution in [2.24, 2.45) is 0 Å². The molecule has 37 heavy (non-hydrogen) atoms. The third kappa shape index (κ3) is 11.3. The SMILES string of the molecule is CCCCCOc1ccc(CCOc2ccc(C=C(CCOCC)C(=O)O)cc2OCCCC)cc1F. The number of ether oxygens (including phenoxy) is 4.